The lowest BCUT2D eigenvalue weighted by atomic mass is 10.2. The Morgan fingerprint density at radius 3 is 2.31 bits per heavy atom. The molecule has 0 radical (unpaired) electrons. The van der Waals surface area contributed by atoms with Gasteiger partial charge in [0.2, 0.25) is 0 Å². The molecule has 0 N–H and O–H groups in total. The van der Waals surface area contributed by atoms with Gasteiger partial charge in [-0.15, -0.1) is 0 Å². The Morgan fingerprint density at radius 2 is 1.62 bits per heavy atom. The van der Waals surface area contributed by atoms with E-state index in [0.717, 1.165) is 25.2 Å². The Hall–Kier alpha value is -2.86. The van der Waals surface area contributed by atoms with Gasteiger partial charge in [-0.25, -0.2) is 4.79 Å². The molecule has 29 heavy (non-hydrogen) atoms. The SMILES string of the molecule is Cc1ccccc1OCC(=O)OC(C)C(=O)N1CCN(Cc2ccccc2)CC1. The first-order chi connectivity index (χ1) is 14.0. The quantitative estimate of drug-likeness (QED) is 0.674. The molecular formula is C23H28N2O4. The maximum absolute atomic E-state index is 12.6. The predicted molar refractivity (Wildman–Crippen MR) is 111 cm³/mol. The number of carbonyl (C=O) groups excluding carboxylic acids is 2. The summed E-state index contributed by atoms with van der Waals surface area (Å²) in [6, 6.07) is 17.8. The van der Waals surface area contributed by atoms with E-state index in [1.807, 2.05) is 43.3 Å². The molecule has 1 aliphatic rings. The second-order valence-electron chi connectivity index (χ2n) is 7.27. The predicted octanol–water partition coefficient (Wildman–Crippen LogP) is 2.65. The van der Waals surface area contributed by atoms with Crippen molar-refractivity contribution in [3.63, 3.8) is 0 Å². The number of nitrogens with zero attached hydrogens (tertiary/aromatic N) is 2. The van der Waals surface area contributed by atoms with Crippen LogP contribution in [0.15, 0.2) is 54.6 Å². The van der Waals surface area contributed by atoms with Crippen LogP contribution in [-0.2, 0) is 20.9 Å². The smallest absolute Gasteiger partial charge is 0.344 e. The van der Waals surface area contributed by atoms with E-state index in [9.17, 15) is 9.59 Å². The number of rotatable bonds is 7. The van der Waals surface area contributed by atoms with Crippen molar-refractivity contribution in [1.82, 2.24) is 9.80 Å². The van der Waals surface area contributed by atoms with Gasteiger partial charge >= 0.3 is 5.97 Å². The highest BCUT2D eigenvalue weighted by Gasteiger charge is 2.27. The van der Waals surface area contributed by atoms with E-state index in [1.54, 1.807) is 17.9 Å². The molecule has 1 saturated heterocycles. The van der Waals surface area contributed by atoms with Crippen molar-refractivity contribution < 1.29 is 19.1 Å². The minimum Gasteiger partial charge on any atom is -0.482 e. The maximum atomic E-state index is 12.6. The lowest BCUT2D eigenvalue weighted by molar-refractivity contribution is -0.161. The number of ether oxygens (including phenoxy) is 2. The number of hydrogen-bond donors (Lipinski definition) is 0. The molecule has 1 heterocycles. The zero-order chi connectivity index (χ0) is 20.6. The van der Waals surface area contributed by atoms with Crippen LogP contribution in [0.5, 0.6) is 5.75 Å². The molecule has 6 nitrogen and oxygen atoms in total. The molecule has 0 aromatic heterocycles. The molecule has 3 rings (SSSR count). The molecule has 2 aromatic carbocycles. The zero-order valence-corrected chi connectivity index (χ0v) is 17.0. The fourth-order valence-corrected chi connectivity index (χ4v) is 3.36. The first kappa shape index (κ1) is 20.9. The number of carbonyl (C=O) groups is 2. The number of hydrogen-bond acceptors (Lipinski definition) is 5. The van der Waals surface area contributed by atoms with E-state index < -0.39 is 12.1 Å². The van der Waals surface area contributed by atoms with E-state index in [-0.39, 0.29) is 12.5 Å². The summed E-state index contributed by atoms with van der Waals surface area (Å²) in [6.07, 6.45) is -0.816. The molecule has 1 amide bonds. The van der Waals surface area contributed by atoms with Gasteiger partial charge in [-0.1, -0.05) is 48.5 Å². The second kappa shape index (κ2) is 10.1. The van der Waals surface area contributed by atoms with Crippen LogP contribution in [0.3, 0.4) is 0 Å². The van der Waals surface area contributed by atoms with Gasteiger partial charge in [0.1, 0.15) is 5.75 Å². The highest BCUT2D eigenvalue weighted by molar-refractivity contribution is 5.83. The van der Waals surface area contributed by atoms with Crippen LogP contribution in [0.1, 0.15) is 18.1 Å². The summed E-state index contributed by atoms with van der Waals surface area (Å²) in [5.41, 5.74) is 2.21. The van der Waals surface area contributed by atoms with E-state index in [4.69, 9.17) is 9.47 Å². The second-order valence-corrected chi connectivity index (χ2v) is 7.27. The molecule has 1 unspecified atom stereocenters. The number of esters is 1. The first-order valence-electron chi connectivity index (χ1n) is 9.96. The summed E-state index contributed by atoms with van der Waals surface area (Å²) in [7, 11) is 0. The average Bonchev–Trinajstić information content (AvgIpc) is 2.74. The van der Waals surface area contributed by atoms with Crippen molar-refractivity contribution in [2.45, 2.75) is 26.5 Å². The van der Waals surface area contributed by atoms with Crippen molar-refractivity contribution in [3.8, 4) is 5.75 Å². The Kier molecular flexibility index (Phi) is 7.25. The van der Waals surface area contributed by atoms with Gasteiger partial charge in [0.25, 0.3) is 5.91 Å². The molecular weight excluding hydrogens is 368 g/mol. The van der Waals surface area contributed by atoms with Crippen LogP contribution < -0.4 is 4.74 Å². The van der Waals surface area contributed by atoms with E-state index >= 15 is 0 Å². The van der Waals surface area contributed by atoms with E-state index in [0.29, 0.717) is 18.8 Å². The zero-order valence-electron chi connectivity index (χ0n) is 17.0. The number of amides is 1. The lowest BCUT2D eigenvalue weighted by Crippen LogP contribution is -2.51. The maximum Gasteiger partial charge on any atom is 0.344 e. The lowest BCUT2D eigenvalue weighted by Gasteiger charge is -2.35. The normalized spacial score (nSPS) is 15.6. The Morgan fingerprint density at radius 1 is 0.966 bits per heavy atom. The van der Waals surface area contributed by atoms with Crippen LogP contribution in [-0.4, -0.2) is 60.6 Å². The molecule has 0 spiro atoms. The van der Waals surface area contributed by atoms with Crippen LogP contribution in [0.2, 0.25) is 0 Å². The average molecular weight is 396 g/mol. The summed E-state index contributed by atoms with van der Waals surface area (Å²) in [5, 5.41) is 0. The Balaban J connectivity index is 1.41. The largest absolute Gasteiger partial charge is 0.482 e. The fraction of sp³-hybridized carbons (Fsp3) is 0.391. The highest BCUT2D eigenvalue weighted by atomic mass is 16.6. The van der Waals surface area contributed by atoms with Gasteiger partial charge in [0.15, 0.2) is 12.7 Å². The summed E-state index contributed by atoms with van der Waals surface area (Å²) >= 11 is 0. The topological polar surface area (TPSA) is 59.1 Å². The molecule has 2 aromatic rings. The summed E-state index contributed by atoms with van der Waals surface area (Å²) in [6.45, 7) is 7.06. The third kappa shape index (κ3) is 6.06. The standard InChI is InChI=1S/C23H28N2O4/c1-18-8-6-7-11-21(18)28-17-22(26)29-19(2)23(27)25-14-12-24(13-15-25)16-20-9-4-3-5-10-20/h3-11,19H,12-17H2,1-2H3. The molecule has 1 atom stereocenters. The number of para-hydroxylation sites is 1. The van der Waals surface area contributed by atoms with Gasteiger partial charge in [0, 0.05) is 32.7 Å². The van der Waals surface area contributed by atoms with Crippen molar-refractivity contribution in [2.24, 2.45) is 0 Å². The van der Waals surface area contributed by atoms with Gasteiger partial charge in [-0.05, 0) is 31.0 Å². The van der Waals surface area contributed by atoms with Gasteiger partial charge in [-0.2, -0.15) is 0 Å². The van der Waals surface area contributed by atoms with Crippen LogP contribution in [0, 0.1) is 6.92 Å². The monoisotopic (exact) mass is 396 g/mol. The Labute approximate surface area is 172 Å². The van der Waals surface area contributed by atoms with Crippen LogP contribution >= 0.6 is 0 Å². The molecule has 0 saturated carbocycles. The van der Waals surface area contributed by atoms with Gasteiger partial charge < -0.3 is 14.4 Å². The minimum atomic E-state index is -0.816. The van der Waals surface area contributed by atoms with Crippen molar-refractivity contribution in [3.05, 3.63) is 65.7 Å². The molecule has 0 bridgehead atoms. The summed E-state index contributed by atoms with van der Waals surface area (Å²) in [4.78, 5) is 28.8. The summed E-state index contributed by atoms with van der Waals surface area (Å²) < 4.78 is 10.8. The van der Waals surface area contributed by atoms with Crippen LogP contribution in [0.4, 0.5) is 0 Å². The Bertz CT molecular complexity index is 817. The fourth-order valence-electron chi connectivity index (χ4n) is 3.36. The van der Waals surface area contributed by atoms with Crippen molar-refractivity contribution >= 4 is 11.9 Å². The van der Waals surface area contributed by atoms with Crippen LogP contribution in [0.25, 0.3) is 0 Å². The van der Waals surface area contributed by atoms with Crippen molar-refractivity contribution in [2.75, 3.05) is 32.8 Å². The number of aryl methyl sites for hydroxylation is 1. The first-order valence-corrected chi connectivity index (χ1v) is 9.96. The van der Waals surface area contributed by atoms with Gasteiger partial charge in [-0.3, -0.25) is 9.69 Å². The third-order valence-corrected chi connectivity index (χ3v) is 5.03. The van der Waals surface area contributed by atoms with Gasteiger partial charge in [0.05, 0.1) is 0 Å². The van der Waals surface area contributed by atoms with E-state index in [1.165, 1.54) is 5.56 Å². The van der Waals surface area contributed by atoms with Crippen molar-refractivity contribution in [1.29, 1.82) is 0 Å². The molecule has 1 aliphatic heterocycles. The van der Waals surface area contributed by atoms with E-state index in [2.05, 4.69) is 17.0 Å². The number of benzene rings is 2. The molecule has 0 aliphatic carbocycles. The summed E-state index contributed by atoms with van der Waals surface area (Å²) in [5.74, 6) is -0.0663. The molecule has 6 heteroatoms. The number of piperazine rings is 1. The highest BCUT2D eigenvalue weighted by Crippen LogP contribution is 2.16. The molecule has 1 fully saturated rings. The minimum absolute atomic E-state index is 0.159. The third-order valence-electron chi connectivity index (χ3n) is 5.03. The molecule has 154 valence electrons.